The Balaban J connectivity index is 1.35. The number of likely N-dealkylation sites (N-methyl/N-ethyl adjacent to an activating group) is 1. The lowest BCUT2D eigenvalue weighted by molar-refractivity contribution is -0.126. The fourth-order valence-electron chi connectivity index (χ4n) is 5.03. The topological polar surface area (TPSA) is 74.7 Å². The second-order valence-corrected chi connectivity index (χ2v) is 10.6. The standard InChI is InChI=1S/C23H34N4O3S/c1-3-25-12-5-6-20(25)17-24-23(28)18-10-14-27(15-11-18)31(29,30)21-7-8-22-19(16-21)9-13-26(22)4-2/h7-9,13,16,18,20H,3-6,10-12,14-15,17H2,1-2H3,(H,24,28)/t20-/m1/s1. The average molecular weight is 447 g/mol. The Bertz CT molecular complexity index is 1020. The second-order valence-electron chi connectivity index (χ2n) is 8.67. The van der Waals surface area contributed by atoms with Crippen molar-refractivity contribution in [2.75, 3.05) is 32.7 Å². The molecule has 0 saturated carbocycles. The van der Waals surface area contributed by atoms with Crippen LogP contribution in [0.25, 0.3) is 10.9 Å². The molecule has 3 heterocycles. The van der Waals surface area contributed by atoms with Crippen molar-refractivity contribution in [3.05, 3.63) is 30.5 Å². The Morgan fingerprint density at radius 2 is 1.84 bits per heavy atom. The van der Waals surface area contributed by atoms with Gasteiger partial charge in [-0.15, -0.1) is 0 Å². The van der Waals surface area contributed by atoms with Crippen LogP contribution in [0.4, 0.5) is 0 Å². The lowest BCUT2D eigenvalue weighted by Crippen LogP contribution is -2.45. The Hall–Kier alpha value is -1.90. The first-order valence-corrected chi connectivity index (χ1v) is 13.0. The van der Waals surface area contributed by atoms with Gasteiger partial charge >= 0.3 is 0 Å². The number of amides is 1. The molecular formula is C23H34N4O3S. The van der Waals surface area contributed by atoms with Crippen LogP contribution in [0.2, 0.25) is 0 Å². The normalized spacial score (nSPS) is 21.7. The number of likely N-dealkylation sites (tertiary alicyclic amines) is 1. The molecule has 4 rings (SSSR count). The van der Waals surface area contributed by atoms with Gasteiger partial charge in [-0.2, -0.15) is 4.31 Å². The predicted octanol–water partition coefficient (Wildman–Crippen LogP) is 2.66. The van der Waals surface area contributed by atoms with E-state index in [1.165, 1.54) is 10.7 Å². The molecule has 0 radical (unpaired) electrons. The zero-order chi connectivity index (χ0) is 22.0. The van der Waals surface area contributed by atoms with Crippen LogP contribution in [-0.2, 0) is 21.4 Å². The Morgan fingerprint density at radius 1 is 1.06 bits per heavy atom. The van der Waals surface area contributed by atoms with Crippen molar-refractivity contribution >= 4 is 26.8 Å². The predicted molar refractivity (Wildman–Crippen MR) is 122 cm³/mol. The van der Waals surface area contributed by atoms with Crippen LogP contribution < -0.4 is 5.32 Å². The summed E-state index contributed by atoms with van der Waals surface area (Å²) < 4.78 is 30.0. The highest BCUT2D eigenvalue weighted by atomic mass is 32.2. The Labute approximate surface area is 185 Å². The number of aromatic nitrogens is 1. The smallest absolute Gasteiger partial charge is 0.243 e. The molecule has 2 fully saturated rings. The third-order valence-electron chi connectivity index (χ3n) is 6.96. The van der Waals surface area contributed by atoms with Crippen LogP contribution >= 0.6 is 0 Å². The number of fused-ring (bicyclic) bond motifs is 1. The number of aryl methyl sites for hydroxylation is 1. The second kappa shape index (κ2) is 9.30. The van der Waals surface area contributed by atoms with Crippen molar-refractivity contribution in [1.82, 2.24) is 19.1 Å². The van der Waals surface area contributed by atoms with Crippen molar-refractivity contribution in [2.24, 2.45) is 5.92 Å². The summed E-state index contributed by atoms with van der Waals surface area (Å²) in [4.78, 5) is 15.4. The molecule has 170 valence electrons. The van der Waals surface area contributed by atoms with E-state index < -0.39 is 10.0 Å². The summed E-state index contributed by atoms with van der Waals surface area (Å²) in [6, 6.07) is 7.74. The van der Waals surface area contributed by atoms with Crippen molar-refractivity contribution in [1.29, 1.82) is 0 Å². The number of hydrogen-bond acceptors (Lipinski definition) is 4. The van der Waals surface area contributed by atoms with E-state index in [0.29, 0.717) is 43.4 Å². The maximum absolute atomic E-state index is 13.2. The minimum Gasteiger partial charge on any atom is -0.354 e. The van der Waals surface area contributed by atoms with E-state index in [1.54, 1.807) is 12.1 Å². The van der Waals surface area contributed by atoms with E-state index in [1.807, 2.05) is 18.3 Å². The maximum Gasteiger partial charge on any atom is 0.243 e. The van der Waals surface area contributed by atoms with Crippen molar-refractivity contribution in [3.8, 4) is 0 Å². The summed E-state index contributed by atoms with van der Waals surface area (Å²) in [5, 5.41) is 4.06. The summed E-state index contributed by atoms with van der Waals surface area (Å²) in [6.45, 7) is 8.68. The average Bonchev–Trinajstić information content (AvgIpc) is 3.43. The number of nitrogens with zero attached hydrogens (tertiary/aromatic N) is 3. The Morgan fingerprint density at radius 3 is 2.55 bits per heavy atom. The van der Waals surface area contributed by atoms with Gasteiger partial charge in [0.05, 0.1) is 4.90 Å². The molecule has 0 unspecified atom stereocenters. The van der Waals surface area contributed by atoms with Crippen molar-refractivity contribution in [2.45, 2.75) is 57.0 Å². The van der Waals surface area contributed by atoms with Crippen molar-refractivity contribution < 1.29 is 13.2 Å². The molecule has 1 N–H and O–H groups in total. The SMILES string of the molecule is CCN1CCC[C@@H]1CNC(=O)C1CCN(S(=O)(=O)c2ccc3c(ccn3CC)c2)CC1. The van der Waals surface area contributed by atoms with Crippen molar-refractivity contribution in [3.63, 3.8) is 0 Å². The van der Waals surface area contributed by atoms with Gasteiger partial charge in [-0.25, -0.2) is 8.42 Å². The number of piperidine rings is 1. The zero-order valence-electron chi connectivity index (χ0n) is 18.6. The van der Waals surface area contributed by atoms with Gasteiger partial charge in [0.25, 0.3) is 0 Å². The van der Waals surface area contributed by atoms with Gasteiger partial charge in [0.1, 0.15) is 0 Å². The van der Waals surface area contributed by atoms with Crippen LogP contribution in [-0.4, -0.2) is 66.9 Å². The van der Waals surface area contributed by atoms with E-state index in [2.05, 4.69) is 28.6 Å². The minimum absolute atomic E-state index is 0.0716. The Kier molecular flexibility index (Phi) is 6.69. The summed E-state index contributed by atoms with van der Waals surface area (Å²) in [6.07, 6.45) is 5.45. The molecule has 8 heteroatoms. The molecule has 2 saturated heterocycles. The van der Waals surface area contributed by atoms with Crippen LogP contribution in [0.3, 0.4) is 0 Å². The molecule has 2 aliphatic heterocycles. The maximum atomic E-state index is 13.2. The number of benzene rings is 1. The number of carbonyl (C=O) groups is 1. The van der Waals surface area contributed by atoms with E-state index in [0.717, 1.165) is 37.0 Å². The molecule has 1 aromatic heterocycles. The van der Waals surface area contributed by atoms with Gasteiger partial charge in [0, 0.05) is 55.2 Å². The molecule has 0 bridgehead atoms. The number of hydrogen-bond donors (Lipinski definition) is 1. The van der Waals surface area contributed by atoms with E-state index in [9.17, 15) is 13.2 Å². The molecule has 1 atom stereocenters. The first kappa shape index (κ1) is 22.3. The molecule has 1 aromatic carbocycles. The van der Waals surface area contributed by atoms with Crippen LogP contribution in [0.1, 0.15) is 39.5 Å². The monoisotopic (exact) mass is 446 g/mol. The highest BCUT2D eigenvalue weighted by Gasteiger charge is 2.33. The molecule has 2 aromatic rings. The quantitative estimate of drug-likeness (QED) is 0.710. The molecule has 2 aliphatic rings. The van der Waals surface area contributed by atoms with E-state index >= 15 is 0 Å². The number of rotatable bonds is 7. The number of sulfonamides is 1. The molecule has 31 heavy (non-hydrogen) atoms. The number of carbonyl (C=O) groups excluding carboxylic acids is 1. The van der Waals surface area contributed by atoms with Gasteiger partial charge in [-0.1, -0.05) is 6.92 Å². The minimum atomic E-state index is -3.55. The van der Waals surface area contributed by atoms with Crippen LogP contribution in [0.15, 0.2) is 35.4 Å². The van der Waals surface area contributed by atoms with Gasteiger partial charge < -0.3 is 9.88 Å². The summed E-state index contributed by atoms with van der Waals surface area (Å²) in [5.41, 5.74) is 1.04. The molecule has 1 amide bonds. The van der Waals surface area contributed by atoms with E-state index in [-0.39, 0.29) is 11.8 Å². The summed E-state index contributed by atoms with van der Waals surface area (Å²) in [7, 11) is -3.55. The lowest BCUT2D eigenvalue weighted by Gasteiger charge is -2.31. The highest BCUT2D eigenvalue weighted by Crippen LogP contribution is 2.27. The first-order valence-electron chi connectivity index (χ1n) is 11.5. The largest absolute Gasteiger partial charge is 0.354 e. The third kappa shape index (κ3) is 4.52. The third-order valence-corrected chi connectivity index (χ3v) is 8.86. The van der Waals surface area contributed by atoms with Crippen LogP contribution in [0, 0.1) is 5.92 Å². The fraction of sp³-hybridized carbons (Fsp3) is 0.609. The zero-order valence-corrected chi connectivity index (χ0v) is 19.4. The molecule has 0 aliphatic carbocycles. The summed E-state index contributed by atoms with van der Waals surface area (Å²) >= 11 is 0. The number of nitrogens with one attached hydrogen (secondary N) is 1. The van der Waals surface area contributed by atoms with Crippen LogP contribution in [0.5, 0.6) is 0 Å². The summed E-state index contributed by atoms with van der Waals surface area (Å²) in [5.74, 6) is -0.0358. The lowest BCUT2D eigenvalue weighted by atomic mass is 9.97. The van der Waals surface area contributed by atoms with Gasteiger partial charge in [0.2, 0.25) is 15.9 Å². The highest BCUT2D eigenvalue weighted by molar-refractivity contribution is 7.89. The molecule has 7 nitrogen and oxygen atoms in total. The van der Waals surface area contributed by atoms with Gasteiger partial charge in [-0.05, 0) is 70.0 Å². The van der Waals surface area contributed by atoms with E-state index in [4.69, 9.17) is 0 Å². The molecular weight excluding hydrogens is 412 g/mol. The molecule has 0 spiro atoms. The van der Waals surface area contributed by atoms with Gasteiger partial charge in [0.15, 0.2) is 0 Å². The van der Waals surface area contributed by atoms with Gasteiger partial charge in [-0.3, -0.25) is 9.69 Å². The fourth-order valence-corrected chi connectivity index (χ4v) is 6.53. The first-order chi connectivity index (χ1) is 14.9.